The molecule has 0 aliphatic carbocycles. The van der Waals surface area contributed by atoms with Gasteiger partial charge in [-0.2, -0.15) is 0 Å². The minimum atomic E-state index is -0.137. The van der Waals surface area contributed by atoms with Crippen LogP contribution in [0.1, 0.15) is 20.8 Å². The molecule has 0 N–H and O–H groups in total. The third kappa shape index (κ3) is 3.12. The molecule has 0 amide bonds. The van der Waals surface area contributed by atoms with Crippen molar-refractivity contribution in [1.82, 2.24) is 20.2 Å². The van der Waals surface area contributed by atoms with Crippen LogP contribution in [0.15, 0.2) is 29.4 Å². The molecule has 6 nitrogen and oxygen atoms in total. The van der Waals surface area contributed by atoms with Crippen molar-refractivity contribution >= 4 is 11.8 Å². The molecule has 2 aromatic rings. The van der Waals surface area contributed by atoms with Crippen molar-refractivity contribution in [3.8, 4) is 11.5 Å². The molecule has 0 saturated heterocycles. The zero-order valence-corrected chi connectivity index (χ0v) is 13.1. The van der Waals surface area contributed by atoms with E-state index >= 15 is 0 Å². The average molecular weight is 306 g/mol. The van der Waals surface area contributed by atoms with Crippen LogP contribution in [-0.2, 0) is 5.54 Å². The van der Waals surface area contributed by atoms with Gasteiger partial charge in [-0.05, 0) is 43.3 Å². The monoisotopic (exact) mass is 306 g/mol. The van der Waals surface area contributed by atoms with Crippen LogP contribution in [-0.4, -0.2) is 38.7 Å². The Kier molecular flexibility index (Phi) is 3.75. The lowest BCUT2D eigenvalue weighted by Crippen LogP contribution is -2.31. The van der Waals surface area contributed by atoms with Crippen LogP contribution in [0.25, 0.3) is 0 Å². The fourth-order valence-electron chi connectivity index (χ4n) is 2.00. The quantitative estimate of drug-likeness (QED) is 0.811. The molecule has 3 rings (SSSR count). The molecular weight excluding hydrogens is 288 g/mol. The molecule has 112 valence electrons. The Bertz CT molecular complexity index is 623. The molecule has 1 aliphatic rings. The number of hydrogen-bond donors (Lipinski definition) is 0. The molecule has 7 heteroatoms. The number of ether oxygens (including phenoxy) is 2. The predicted octanol–water partition coefficient (Wildman–Crippen LogP) is 2.36. The lowest BCUT2D eigenvalue weighted by molar-refractivity contribution is 0.107. The summed E-state index contributed by atoms with van der Waals surface area (Å²) >= 11 is 1.58. The van der Waals surface area contributed by atoms with Crippen LogP contribution in [0.4, 0.5) is 0 Å². The largest absolute Gasteiger partial charge is 0.486 e. The topological polar surface area (TPSA) is 62.1 Å². The smallest absolute Gasteiger partial charge is 0.209 e. The van der Waals surface area contributed by atoms with Gasteiger partial charge in [-0.3, -0.25) is 0 Å². The summed E-state index contributed by atoms with van der Waals surface area (Å²) in [6.45, 7) is 6.76. The van der Waals surface area contributed by atoms with Gasteiger partial charge in [0.1, 0.15) is 12.7 Å². The fourth-order valence-corrected chi connectivity index (χ4v) is 3.03. The van der Waals surface area contributed by atoms with Crippen LogP contribution in [0.3, 0.4) is 0 Å². The Morgan fingerprint density at radius 2 is 2.05 bits per heavy atom. The highest BCUT2D eigenvalue weighted by Crippen LogP contribution is 2.32. The summed E-state index contributed by atoms with van der Waals surface area (Å²) in [5, 5.41) is 12.7. The number of tetrazole rings is 1. The molecule has 2 heterocycles. The zero-order chi connectivity index (χ0) is 14.9. The molecule has 0 saturated carbocycles. The third-order valence-corrected chi connectivity index (χ3v) is 4.09. The number of rotatable bonds is 3. The van der Waals surface area contributed by atoms with Gasteiger partial charge in [-0.15, -0.1) is 5.10 Å². The molecule has 1 aliphatic heterocycles. The molecule has 0 radical (unpaired) electrons. The number of hydrogen-bond acceptors (Lipinski definition) is 6. The van der Waals surface area contributed by atoms with E-state index in [-0.39, 0.29) is 11.6 Å². The van der Waals surface area contributed by atoms with Crippen molar-refractivity contribution in [3.63, 3.8) is 0 Å². The lowest BCUT2D eigenvalue weighted by Gasteiger charge is -2.26. The first kappa shape index (κ1) is 14.2. The maximum Gasteiger partial charge on any atom is 0.209 e. The van der Waals surface area contributed by atoms with Crippen molar-refractivity contribution in [3.05, 3.63) is 24.3 Å². The van der Waals surface area contributed by atoms with E-state index in [1.165, 1.54) is 0 Å². The van der Waals surface area contributed by atoms with Gasteiger partial charge in [0.25, 0.3) is 0 Å². The Morgan fingerprint density at radius 1 is 1.29 bits per heavy atom. The van der Waals surface area contributed by atoms with Gasteiger partial charge < -0.3 is 9.47 Å². The van der Waals surface area contributed by atoms with E-state index in [1.807, 2.05) is 28.9 Å². The highest BCUT2D eigenvalue weighted by atomic mass is 32.2. The average Bonchev–Trinajstić information content (AvgIpc) is 2.93. The van der Waals surface area contributed by atoms with E-state index < -0.39 is 0 Å². The van der Waals surface area contributed by atoms with Gasteiger partial charge in [0.15, 0.2) is 11.5 Å². The van der Waals surface area contributed by atoms with E-state index in [0.717, 1.165) is 22.4 Å². The van der Waals surface area contributed by atoms with Crippen LogP contribution >= 0.6 is 11.8 Å². The second-order valence-electron chi connectivity index (χ2n) is 5.85. The van der Waals surface area contributed by atoms with Crippen LogP contribution < -0.4 is 9.47 Å². The molecule has 0 unspecified atom stereocenters. The van der Waals surface area contributed by atoms with Gasteiger partial charge in [0.2, 0.25) is 5.16 Å². The Labute approximate surface area is 127 Å². The first-order valence-corrected chi connectivity index (χ1v) is 7.83. The minimum absolute atomic E-state index is 0.00461. The minimum Gasteiger partial charge on any atom is -0.486 e. The van der Waals surface area contributed by atoms with Crippen LogP contribution in [0.2, 0.25) is 0 Å². The zero-order valence-electron chi connectivity index (χ0n) is 12.3. The Hall–Kier alpha value is -1.76. The molecule has 0 spiro atoms. The van der Waals surface area contributed by atoms with Gasteiger partial charge in [-0.1, -0.05) is 23.9 Å². The first-order valence-electron chi connectivity index (χ1n) is 6.84. The van der Waals surface area contributed by atoms with E-state index in [9.17, 15) is 0 Å². The highest BCUT2D eigenvalue weighted by Gasteiger charge is 2.24. The summed E-state index contributed by atoms with van der Waals surface area (Å²) < 4.78 is 13.5. The Balaban J connectivity index is 1.64. The summed E-state index contributed by atoms with van der Waals surface area (Å²) in [4.78, 5) is 0. The summed E-state index contributed by atoms with van der Waals surface area (Å²) in [6.07, 6.45) is -0.00461. The summed E-state index contributed by atoms with van der Waals surface area (Å²) in [6, 6.07) is 7.72. The number of para-hydroxylation sites is 2. The number of aromatic nitrogens is 4. The second kappa shape index (κ2) is 5.55. The molecule has 1 aromatic carbocycles. The van der Waals surface area contributed by atoms with Crippen molar-refractivity contribution in [2.45, 2.75) is 37.6 Å². The van der Waals surface area contributed by atoms with Crippen molar-refractivity contribution in [1.29, 1.82) is 0 Å². The molecule has 0 bridgehead atoms. The van der Waals surface area contributed by atoms with E-state index in [1.54, 1.807) is 11.8 Å². The first-order chi connectivity index (χ1) is 10.0. The summed E-state index contributed by atoms with van der Waals surface area (Å²) in [5.74, 6) is 2.34. The van der Waals surface area contributed by atoms with Crippen molar-refractivity contribution in [2.24, 2.45) is 0 Å². The van der Waals surface area contributed by atoms with Gasteiger partial charge >= 0.3 is 0 Å². The van der Waals surface area contributed by atoms with Gasteiger partial charge in [0.05, 0.1) is 5.54 Å². The maximum atomic E-state index is 5.93. The fraction of sp³-hybridized carbons (Fsp3) is 0.500. The van der Waals surface area contributed by atoms with E-state index in [2.05, 4.69) is 36.3 Å². The van der Waals surface area contributed by atoms with Crippen LogP contribution in [0.5, 0.6) is 11.5 Å². The third-order valence-electron chi connectivity index (χ3n) is 3.04. The summed E-state index contributed by atoms with van der Waals surface area (Å²) in [7, 11) is 0. The van der Waals surface area contributed by atoms with Gasteiger partial charge in [0, 0.05) is 5.75 Å². The van der Waals surface area contributed by atoms with Crippen molar-refractivity contribution in [2.75, 3.05) is 12.4 Å². The normalized spacial score (nSPS) is 17.8. The number of benzene rings is 1. The predicted molar refractivity (Wildman–Crippen MR) is 79.9 cm³/mol. The van der Waals surface area contributed by atoms with E-state index in [4.69, 9.17) is 9.47 Å². The Morgan fingerprint density at radius 3 is 2.81 bits per heavy atom. The number of thioether (sulfide) groups is 1. The molecular formula is C14H18N4O2S. The maximum absolute atomic E-state index is 5.93. The standard InChI is InChI=1S/C14H18N4O2S/c1-14(2,3)18-13(15-16-17-18)21-9-10-8-19-11-6-4-5-7-12(11)20-10/h4-7,10H,8-9H2,1-3H3/t10-/m1/s1. The van der Waals surface area contributed by atoms with Crippen molar-refractivity contribution < 1.29 is 9.47 Å². The SMILES string of the molecule is CC(C)(C)n1nnnc1SC[C@H]1COc2ccccc2O1. The summed E-state index contributed by atoms with van der Waals surface area (Å²) in [5.41, 5.74) is -0.137. The van der Waals surface area contributed by atoms with Gasteiger partial charge in [-0.25, -0.2) is 4.68 Å². The van der Waals surface area contributed by atoms with E-state index in [0.29, 0.717) is 6.61 Å². The highest BCUT2D eigenvalue weighted by molar-refractivity contribution is 7.99. The van der Waals surface area contributed by atoms with Crippen LogP contribution in [0, 0.1) is 0 Å². The molecule has 1 atom stereocenters. The molecule has 21 heavy (non-hydrogen) atoms. The second-order valence-corrected chi connectivity index (χ2v) is 6.84. The number of nitrogens with zero attached hydrogens (tertiary/aromatic N) is 4. The lowest BCUT2D eigenvalue weighted by atomic mass is 10.1. The number of fused-ring (bicyclic) bond motifs is 1. The molecule has 1 aromatic heterocycles. The molecule has 0 fully saturated rings.